The third kappa shape index (κ3) is 5.23. The van der Waals surface area contributed by atoms with Crippen LogP contribution < -0.4 is 5.32 Å². The van der Waals surface area contributed by atoms with E-state index < -0.39 is 0 Å². The molecule has 2 saturated heterocycles. The van der Waals surface area contributed by atoms with Gasteiger partial charge in [-0.25, -0.2) is 0 Å². The van der Waals surface area contributed by atoms with Crippen molar-refractivity contribution in [2.45, 2.75) is 58.3 Å². The predicted molar refractivity (Wildman–Crippen MR) is 113 cm³/mol. The van der Waals surface area contributed by atoms with Gasteiger partial charge in [-0.05, 0) is 69.5 Å². The third-order valence-corrected chi connectivity index (χ3v) is 6.42. The van der Waals surface area contributed by atoms with Crippen molar-refractivity contribution in [3.05, 3.63) is 0 Å². The zero-order valence-electron chi connectivity index (χ0n) is 15.7. The molecule has 3 fully saturated rings. The molecule has 1 N–H and O–H groups in total. The number of nitrogens with zero attached hydrogens (tertiary/aromatic N) is 3. The number of likely N-dealkylation sites (tertiary alicyclic amines) is 2. The van der Waals surface area contributed by atoms with Crippen molar-refractivity contribution in [1.29, 1.82) is 0 Å². The predicted octanol–water partition coefficient (Wildman–Crippen LogP) is 3.57. The first kappa shape index (κ1) is 20.3. The van der Waals surface area contributed by atoms with Crippen molar-refractivity contribution < 1.29 is 0 Å². The molecule has 1 aliphatic carbocycles. The molecule has 0 aromatic carbocycles. The molecule has 0 aromatic rings. The average Bonchev–Trinajstić information content (AvgIpc) is 3.20. The summed E-state index contributed by atoms with van der Waals surface area (Å²) in [6.45, 7) is 9.70. The maximum atomic E-state index is 4.54. The van der Waals surface area contributed by atoms with Crippen molar-refractivity contribution in [1.82, 2.24) is 15.1 Å². The second-order valence-corrected chi connectivity index (χ2v) is 8.23. The lowest BCUT2D eigenvalue weighted by molar-refractivity contribution is 0.191. The van der Waals surface area contributed by atoms with Crippen LogP contribution >= 0.6 is 24.0 Å². The van der Waals surface area contributed by atoms with E-state index in [4.69, 9.17) is 0 Å². The summed E-state index contributed by atoms with van der Waals surface area (Å²) < 4.78 is 0. The maximum Gasteiger partial charge on any atom is 0.193 e. The molecule has 0 amide bonds. The SMILES string of the molecule is CN=C(NCCCN1CCC(C)CC1)N1CCC2(CCCC2)C1.I. The molecule has 24 heavy (non-hydrogen) atoms. The van der Waals surface area contributed by atoms with E-state index in [1.165, 1.54) is 84.1 Å². The van der Waals surface area contributed by atoms with Crippen LogP contribution in [-0.4, -0.2) is 62.1 Å². The standard InChI is InChI=1S/C19H36N4.HI/c1-17-6-13-22(14-7-17)12-5-11-21-18(20-2)23-15-10-19(16-23)8-3-4-9-19;/h17H,3-16H2,1-2H3,(H,20,21);1H. The Balaban J connectivity index is 0.00000208. The van der Waals surface area contributed by atoms with Gasteiger partial charge in [0, 0.05) is 26.7 Å². The van der Waals surface area contributed by atoms with Gasteiger partial charge in [-0.15, -0.1) is 24.0 Å². The highest BCUT2D eigenvalue weighted by molar-refractivity contribution is 14.0. The number of nitrogens with one attached hydrogen (secondary N) is 1. The summed E-state index contributed by atoms with van der Waals surface area (Å²) in [5, 5.41) is 3.62. The summed E-state index contributed by atoms with van der Waals surface area (Å²) in [5.41, 5.74) is 0.627. The second-order valence-electron chi connectivity index (χ2n) is 8.23. The maximum absolute atomic E-state index is 4.54. The van der Waals surface area contributed by atoms with E-state index in [1.54, 1.807) is 0 Å². The van der Waals surface area contributed by atoms with Gasteiger partial charge in [-0.3, -0.25) is 4.99 Å². The molecule has 0 bridgehead atoms. The van der Waals surface area contributed by atoms with Gasteiger partial charge in [0.25, 0.3) is 0 Å². The molecule has 140 valence electrons. The second kappa shape index (κ2) is 9.60. The molecule has 2 aliphatic heterocycles. The number of guanidine groups is 1. The molecule has 3 aliphatic rings. The molecule has 4 nitrogen and oxygen atoms in total. The van der Waals surface area contributed by atoms with Crippen molar-refractivity contribution in [3.8, 4) is 0 Å². The highest BCUT2D eigenvalue weighted by Gasteiger charge is 2.40. The van der Waals surface area contributed by atoms with Gasteiger partial charge in [0.1, 0.15) is 0 Å². The summed E-state index contributed by atoms with van der Waals surface area (Å²) in [4.78, 5) is 9.68. The highest BCUT2D eigenvalue weighted by atomic mass is 127. The Morgan fingerprint density at radius 3 is 2.50 bits per heavy atom. The van der Waals surface area contributed by atoms with Gasteiger partial charge in [0.05, 0.1) is 0 Å². The number of hydrogen-bond acceptors (Lipinski definition) is 2. The Bertz CT molecular complexity index is 398. The van der Waals surface area contributed by atoms with Gasteiger partial charge in [0.2, 0.25) is 0 Å². The van der Waals surface area contributed by atoms with Crippen LogP contribution in [0, 0.1) is 11.3 Å². The molecule has 0 radical (unpaired) electrons. The van der Waals surface area contributed by atoms with E-state index in [2.05, 4.69) is 27.0 Å². The molecule has 0 atom stereocenters. The summed E-state index contributed by atoms with van der Waals surface area (Å²) in [6.07, 6.45) is 11.1. The van der Waals surface area contributed by atoms with E-state index in [0.717, 1.165) is 18.4 Å². The molecular weight excluding hydrogens is 411 g/mol. The Labute approximate surface area is 165 Å². The Hall–Kier alpha value is -0.0400. The van der Waals surface area contributed by atoms with Crippen LogP contribution in [0.15, 0.2) is 4.99 Å². The van der Waals surface area contributed by atoms with Crippen LogP contribution in [0.1, 0.15) is 58.3 Å². The van der Waals surface area contributed by atoms with E-state index in [1.807, 2.05) is 7.05 Å². The zero-order valence-corrected chi connectivity index (χ0v) is 18.1. The Morgan fingerprint density at radius 2 is 1.83 bits per heavy atom. The lowest BCUT2D eigenvalue weighted by Gasteiger charge is -2.30. The van der Waals surface area contributed by atoms with Crippen LogP contribution in [0.2, 0.25) is 0 Å². The highest BCUT2D eigenvalue weighted by Crippen LogP contribution is 2.45. The van der Waals surface area contributed by atoms with Gasteiger partial charge >= 0.3 is 0 Å². The van der Waals surface area contributed by atoms with Gasteiger partial charge in [-0.2, -0.15) is 0 Å². The number of hydrogen-bond donors (Lipinski definition) is 1. The molecule has 5 heteroatoms. The normalized spacial score (nSPS) is 25.2. The molecule has 0 aromatic heterocycles. The first-order valence-electron chi connectivity index (χ1n) is 9.89. The van der Waals surface area contributed by atoms with Crippen LogP contribution in [0.4, 0.5) is 0 Å². The molecule has 2 heterocycles. The van der Waals surface area contributed by atoms with Crippen molar-refractivity contribution in [2.24, 2.45) is 16.3 Å². The van der Waals surface area contributed by atoms with Crippen LogP contribution in [-0.2, 0) is 0 Å². The molecule has 3 rings (SSSR count). The first-order valence-corrected chi connectivity index (χ1v) is 9.89. The van der Waals surface area contributed by atoms with Crippen molar-refractivity contribution in [3.63, 3.8) is 0 Å². The Kier molecular flexibility index (Phi) is 8.11. The van der Waals surface area contributed by atoms with Crippen LogP contribution in [0.3, 0.4) is 0 Å². The summed E-state index contributed by atoms with van der Waals surface area (Å²) in [7, 11) is 1.94. The van der Waals surface area contributed by atoms with Gasteiger partial charge in [-0.1, -0.05) is 19.8 Å². The van der Waals surface area contributed by atoms with Gasteiger partial charge in [0.15, 0.2) is 5.96 Å². The smallest absolute Gasteiger partial charge is 0.193 e. The number of halogens is 1. The Morgan fingerprint density at radius 1 is 1.12 bits per heavy atom. The quantitative estimate of drug-likeness (QED) is 0.309. The van der Waals surface area contributed by atoms with Gasteiger partial charge < -0.3 is 15.1 Å². The summed E-state index contributed by atoms with van der Waals surface area (Å²) in [6, 6.07) is 0. The number of aliphatic imine (C=N–C) groups is 1. The van der Waals surface area contributed by atoms with E-state index in [0.29, 0.717) is 5.41 Å². The summed E-state index contributed by atoms with van der Waals surface area (Å²) in [5.74, 6) is 2.07. The minimum atomic E-state index is 0. The molecule has 0 unspecified atom stereocenters. The monoisotopic (exact) mass is 448 g/mol. The largest absolute Gasteiger partial charge is 0.356 e. The van der Waals surface area contributed by atoms with Crippen LogP contribution in [0.25, 0.3) is 0 Å². The minimum Gasteiger partial charge on any atom is -0.356 e. The number of rotatable bonds is 4. The zero-order chi connectivity index (χ0) is 16.1. The molecule has 1 spiro atoms. The van der Waals surface area contributed by atoms with Crippen molar-refractivity contribution in [2.75, 3.05) is 46.3 Å². The fraction of sp³-hybridized carbons (Fsp3) is 0.947. The topological polar surface area (TPSA) is 30.9 Å². The fourth-order valence-corrected chi connectivity index (χ4v) is 4.77. The number of piperidine rings is 1. The summed E-state index contributed by atoms with van der Waals surface area (Å²) >= 11 is 0. The van der Waals surface area contributed by atoms with E-state index in [9.17, 15) is 0 Å². The van der Waals surface area contributed by atoms with Crippen molar-refractivity contribution >= 4 is 29.9 Å². The van der Waals surface area contributed by atoms with Crippen LogP contribution in [0.5, 0.6) is 0 Å². The average molecular weight is 448 g/mol. The first-order chi connectivity index (χ1) is 11.2. The lowest BCUT2D eigenvalue weighted by atomic mass is 9.86. The molecular formula is C19H37IN4. The fourth-order valence-electron chi connectivity index (χ4n) is 4.77. The lowest BCUT2D eigenvalue weighted by Crippen LogP contribution is -2.42. The molecule has 1 saturated carbocycles. The van der Waals surface area contributed by atoms with E-state index in [-0.39, 0.29) is 24.0 Å². The van der Waals surface area contributed by atoms with E-state index >= 15 is 0 Å². The minimum absolute atomic E-state index is 0. The third-order valence-electron chi connectivity index (χ3n) is 6.42.